The van der Waals surface area contributed by atoms with Gasteiger partial charge in [0.1, 0.15) is 5.82 Å². The van der Waals surface area contributed by atoms with Crippen molar-refractivity contribution >= 4 is 11.7 Å². The van der Waals surface area contributed by atoms with Gasteiger partial charge in [0.15, 0.2) is 0 Å². The molecule has 110 valence electrons. The molecule has 0 aromatic carbocycles. The monoisotopic (exact) mass is 275 g/mol. The summed E-state index contributed by atoms with van der Waals surface area (Å²) in [5.74, 6) is 1.45. The molecule has 0 saturated heterocycles. The summed E-state index contributed by atoms with van der Waals surface area (Å²) in [5.41, 5.74) is 1.56. The summed E-state index contributed by atoms with van der Waals surface area (Å²) in [4.78, 5) is 16.7. The van der Waals surface area contributed by atoms with Gasteiger partial charge in [-0.05, 0) is 51.2 Å². The van der Waals surface area contributed by atoms with Gasteiger partial charge in [-0.1, -0.05) is 13.3 Å². The third-order valence-corrected chi connectivity index (χ3v) is 3.99. The van der Waals surface area contributed by atoms with Gasteiger partial charge in [0.2, 0.25) is 0 Å². The third-order valence-electron chi connectivity index (χ3n) is 3.99. The molecule has 1 aromatic heterocycles. The van der Waals surface area contributed by atoms with E-state index in [2.05, 4.69) is 29.5 Å². The number of carbonyl (C=O) groups excluding carboxylic acids is 1. The Bertz CT molecular complexity index is 469. The van der Waals surface area contributed by atoms with Crippen LogP contribution in [0.15, 0.2) is 12.1 Å². The van der Waals surface area contributed by atoms with Crippen LogP contribution in [0.2, 0.25) is 0 Å². The van der Waals surface area contributed by atoms with E-state index in [0.29, 0.717) is 11.5 Å². The van der Waals surface area contributed by atoms with Crippen LogP contribution in [0.5, 0.6) is 0 Å². The molecule has 0 radical (unpaired) electrons. The molecule has 1 aliphatic carbocycles. The Labute approximate surface area is 121 Å². The van der Waals surface area contributed by atoms with Crippen LogP contribution in [0.1, 0.15) is 55.6 Å². The van der Waals surface area contributed by atoms with Gasteiger partial charge < -0.3 is 10.6 Å². The maximum absolute atomic E-state index is 12.3. The maximum atomic E-state index is 12.3. The average molecular weight is 275 g/mol. The Kier molecular flexibility index (Phi) is 4.99. The highest BCUT2D eigenvalue weighted by Crippen LogP contribution is 2.29. The zero-order valence-corrected chi connectivity index (χ0v) is 12.7. The number of aromatic nitrogens is 1. The van der Waals surface area contributed by atoms with E-state index in [4.69, 9.17) is 0 Å². The Hall–Kier alpha value is -1.58. The molecule has 2 rings (SSSR count). The van der Waals surface area contributed by atoms with Crippen LogP contribution in [0.25, 0.3) is 0 Å². The quantitative estimate of drug-likeness (QED) is 0.838. The summed E-state index contributed by atoms with van der Waals surface area (Å²) in [6.07, 6.45) is 4.81. The van der Waals surface area contributed by atoms with Crippen molar-refractivity contribution in [3.8, 4) is 0 Å². The second-order valence-electron chi connectivity index (χ2n) is 5.76. The van der Waals surface area contributed by atoms with Crippen LogP contribution in [-0.4, -0.2) is 23.5 Å². The van der Waals surface area contributed by atoms with Gasteiger partial charge in [0, 0.05) is 23.8 Å². The van der Waals surface area contributed by atoms with Crippen LogP contribution >= 0.6 is 0 Å². The van der Waals surface area contributed by atoms with Crippen LogP contribution in [0.3, 0.4) is 0 Å². The standard InChI is InChI=1S/C16H25N3O/c1-4-8-17-15-10-14(9-11(2)18-15)16(20)19-12(3)13-6-5-7-13/h9-10,12-13H,4-8H2,1-3H3,(H,17,18)(H,19,20). The first-order valence-electron chi connectivity index (χ1n) is 7.63. The summed E-state index contributed by atoms with van der Waals surface area (Å²) in [6.45, 7) is 7.00. The fourth-order valence-corrected chi connectivity index (χ4v) is 2.49. The predicted molar refractivity (Wildman–Crippen MR) is 82.0 cm³/mol. The van der Waals surface area contributed by atoms with Crippen LogP contribution < -0.4 is 10.6 Å². The topological polar surface area (TPSA) is 54.0 Å². The molecule has 0 aliphatic heterocycles. The first kappa shape index (κ1) is 14.8. The molecule has 1 fully saturated rings. The highest BCUT2D eigenvalue weighted by molar-refractivity contribution is 5.95. The SMILES string of the molecule is CCCNc1cc(C(=O)NC(C)C2CCC2)cc(C)n1. The van der Waals surface area contributed by atoms with Crippen molar-refractivity contribution in [2.75, 3.05) is 11.9 Å². The van der Waals surface area contributed by atoms with E-state index in [1.807, 2.05) is 19.1 Å². The first-order valence-corrected chi connectivity index (χ1v) is 7.63. The Morgan fingerprint density at radius 2 is 2.20 bits per heavy atom. The van der Waals surface area contributed by atoms with Crippen molar-refractivity contribution in [3.63, 3.8) is 0 Å². The molecular weight excluding hydrogens is 250 g/mol. The maximum Gasteiger partial charge on any atom is 0.251 e. The lowest BCUT2D eigenvalue weighted by molar-refractivity contribution is 0.0909. The highest BCUT2D eigenvalue weighted by Gasteiger charge is 2.25. The van der Waals surface area contributed by atoms with Crippen LogP contribution in [-0.2, 0) is 0 Å². The number of pyridine rings is 1. The average Bonchev–Trinajstić information content (AvgIpc) is 2.33. The van der Waals surface area contributed by atoms with E-state index in [1.54, 1.807) is 0 Å². The van der Waals surface area contributed by atoms with Gasteiger partial charge in [-0.2, -0.15) is 0 Å². The van der Waals surface area contributed by atoms with E-state index < -0.39 is 0 Å². The lowest BCUT2D eigenvalue weighted by Gasteiger charge is -2.31. The van der Waals surface area contributed by atoms with E-state index >= 15 is 0 Å². The number of hydrogen-bond acceptors (Lipinski definition) is 3. The van der Waals surface area contributed by atoms with Gasteiger partial charge in [-0.15, -0.1) is 0 Å². The fourth-order valence-electron chi connectivity index (χ4n) is 2.49. The van der Waals surface area contributed by atoms with Gasteiger partial charge >= 0.3 is 0 Å². The summed E-state index contributed by atoms with van der Waals surface area (Å²) < 4.78 is 0. The summed E-state index contributed by atoms with van der Waals surface area (Å²) in [5, 5.41) is 6.35. The molecule has 0 spiro atoms. The van der Waals surface area contributed by atoms with Crippen molar-refractivity contribution in [3.05, 3.63) is 23.4 Å². The molecule has 1 unspecified atom stereocenters. The smallest absolute Gasteiger partial charge is 0.251 e. The summed E-state index contributed by atoms with van der Waals surface area (Å²) in [7, 11) is 0. The molecule has 1 saturated carbocycles. The predicted octanol–water partition coefficient (Wildman–Crippen LogP) is 3.13. The van der Waals surface area contributed by atoms with Gasteiger partial charge in [0.05, 0.1) is 0 Å². The van der Waals surface area contributed by atoms with Gasteiger partial charge in [-0.3, -0.25) is 4.79 Å². The molecule has 4 nitrogen and oxygen atoms in total. The minimum atomic E-state index is 0.00875. The number of carbonyl (C=O) groups is 1. The second kappa shape index (κ2) is 6.73. The lowest BCUT2D eigenvalue weighted by Crippen LogP contribution is -2.40. The molecule has 1 atom stereocenters. The summed E-state index contributed by atoms with van der Waals surface area (Å²) >= 11 is 0. The molecule has 0 bridgehead atoms. The van der Waals surface area contributed by atoms with Crippen molar-refractivity contribution in [1.29, 1.82) is 0 Å². The fraction of sp³-hybridized carbons (Fsp3) is 0.625. The zero-order valence-electron chi connectivity index (χ0n) is 12.7. The number of nitrogens with zero attached hydrogens (tertiary/aromatic N) is 1. The number of rotatable bonds is 6. The van der Waals surface area contributed by atoms with E-state index in [9.17, 15) is 4.79 Å². The van der Waals surface area contributed by atoms with Crippen molar-refractivity contribution in [2.45, 2.75) is 52.5 Å². The number of aryl methyl sites for hydroxylation is 1. The zero-order chi connectivity index (χ0) is 14.5. The molecule has 1 amide bonds. The third kappa shape index (κ3) is 3.71. The minimum Gasteiger partial charge on any atom is -0.370 e. The van der Waals surface area contributed by atoms with E-state index in [0.717, 1.165) is 24.5 Å². The molecule has 1 aliphatic rings. The molecule has 20 heavy (non-hydrogen) atoms. The van der Waals surface area contributed by atoms with Gasteiger partial charge in [-0.25, -0.2) is 4.98 Å². The lowest BCUT2D eigenvalue weighted by atomic mass is 9.80. The van der Waals surface area contributed by atoms with E-state index in [1.165, 1.54) is 19.3 Å². The Balaban J connectivity index is 2.02. The van der Waals surface area contributed by atoms with Crippen molar-refractivity contribution in [1.82, 2.24) is 10.3 Å². The Morgan fingerprint density at radius 3 is 2.80 bits per heavy atom. The Morgan fingerprint density at radius 1 is 1.45 bits per heavy atom. The number of anilines is 1. The van der Waals surface area contributed by atoms with Crippen molar-refractivity contribution in [2.24, 2.45) is 5.92 Å². The first-order chi connectivity index (χ1) is 9.60. The number of hydrogen-bond donors (Lipinski definition) is 2. The normalized spacial score (nSPS) is 16.4. The second-order valence-corrected chi connectivity index (χ2v) is 5.76. The largest absolute Gasteiger partial charge is 0.370 e. The van der Waals surface area contributed by atoms with Gasteiger partial charge in [0.25, 0.3) is 5.91 Å². The van der Waals surface area contributed by atoms with E-state index in [-0.39, 0.29) is 11.9 Å². The van der Waals surface area contributed by atoms with Crippen molar-refractivity contribution < 1.29 is 4.79 Å². The van der Waals surface area contributed by atoms with Crippen LogP contribution in [0, 0.1) is 12.8 Å². The minimum absolute atomic E-state index is 0.00875. The number of amides is 1. The summed E-state index contributed by atoms with van der Waals surface area (Å²) in [6, 6.07) is 3.95. The highest BCUT2D eigenvalue weighted by atomic mass is 16.1. The molecule has 1 aromatic rings. The number of nitrogens with one attached hydrogen (secondary N) is 2. The molecule has 2 N–H and O–H groups in total. The van der Waals surface area contributed by atoms with Crippen LogP contribution in [0.4, 0.5) is 5.82 Å². The molecular formula is C16H25N3O. The molecule has 4 heteroatoms. The molecule has 1 heterocycles.